The van der Waals surface area contributed by atoms with Crippen LogP contribution in [0.5, 0.6) is 0 Å². The highest BCUT2D eigenvalue weighted by Gasteiger charge is 1.96. The SMILES string of the molecule is CC1=NNCCS1. The number of nitrogens with zero attached hydrogens (tertiary/aromatic N) is 1. The van der Waals surface area contributed by atoms with Gasteiger partial charge in [-0.15, -0.1) is 11.8 Å². The van der Waals surface area contributed by atoms with Crippen molar-refractivity contribution in [3.63, 3.8) is 0 Å². The van der Waals surface area contributed by atoms with Crippen LogP contribution in [0.25, 0.3) is 0 Å². The molecule has 1 N–H and O–H groups in total. The van der Waals surface area contributed by atoms with E-state index in [0.717, 1.165) is 17.3 Å². The van der Waals surface area contributed by atoms with Gasteiger partial charge in [0.1, 0.15) is 0 Å². The first-order valence-corrected chi connectivity index (χ1v) is 3.28. The van der Waals surface area contributed by atoms with Gasteiger partial charge in [-0.05, 0) is 6.92 Å². The average Bonchev–Trinajstić information content (AvgIpc) is 1.69. The van der Waals surface area contributed by atoms with Gasteiger partial charge >= 0.3 is 0 Å². The van der Waals surface area contributed by atoms with Crippen molar-refractivity contribution in [2.24, 2.45) is 5.10 Å². The fourth-order valence-corrected chi connectivity index (χ4v) is 1.06. The van der Waals surface area contributed by atoms with Crippen LogP contribution < -0.4 is 5.43 Å². The quantitative estimate of drug-likeness (QED) is 0.502. The van der Waals surface area contributed by atoms with E-state index in [1.165, 1.54) is 0 Å². The van der Waals surface area contributed by atoms with E-state index < -0.39 is 0 Å². The van der Waals surface area contributed by atoms with Crippen LogP contribution in [0.2, 0.25) is 0 Å². The van der Waals surface area contributed by atoms with E-state index in [1.54, 1.807) is 11.8 Å². The summed E-state index contributed by atoms with van der Waals surface area (Å²) >= 11 is 1.81. The molecule has 3 heteroatoms. The van der Waals surface area contributed by atoms with E-state index in [4.69, 9.17) is 0 Å². The topological polar surface area (TPSA) is 24.4 Å². The van der Waals surface area contributed by atoms with Gasteiger partial charge in [0.25, 0.3) is 0 Å². The number of rotatable bonds is 0. The lowest BCUT2D eigenvalue weighted by Crippen LogP contribution is -2.16. The van der Waals surface area contributed by atoms with E-state index >= 15 is 0 Å². The predicted octanol–water partition coefficient (Wildman–Crippen LogP) is 0.656. The first kappa shape index (κ1) is 4.97. The van der Waals surface area contributed by atoms with Crippen molar-refractivity contribution in [3.8, 4) is 0 Å². The fraction of sp³-hybridized carbons (Fsp3) is 0.750. The molecule has 1 heterocycles. The third-order valence-corrected chi connectivity index (χ3v) is 1.68. The van der Waals surface area contributed by atoms with Crippen molar-refractivity contribution in [1.29, 1.82) is 0 Å². The molecule has 0 radical (unpaired) electrons. The summed E-state index contributed by atoms with van der Waals surface area (Å²) in [6.07, 6.45) is 0. The van der Waals surface area contributed by atoms with Crippen LogP contribution >= 0.6 is 11.8 Å². The molecular formula is C4H8N2S. The normalized spacial score (nSPS) is 20.4. The molecular weight excluding hydrogens is 108 g/mol. The molecule has 2 nitrogen and oxygen atoms in total. The summed E-state index contributed by atoms with van der Waals surface area (Å²) in [5.41, 5.74) is 2.90. The lowest BCUT2D eigenvalue weighted by Gasteiger charge is -2.06. The van der Waals surface area contributed by atoms with E-state index in [-0.39, 0.29) is 0 Å². The number of hydrogen-bond acceptors (Lipinski definition) is 3. The summed E-state index contributed by atoms with van der Waals surface area (Å²) in [5, 5.41) is 5.10. The Bertz CT molecular complexity index is 89.7. The van der Waals surface area contributed by atoms with Gasteiger partial charge in [0.2, 0.25) is 0 Å². The maximum atomic E-state index is 3.96. The zero-order valence-corrected chi connectivity index (χ0v) is 5.09. The molecule has 0 spiro atoms. The summed E-state index contributed by atoms with van der Waals surface area (Å²) in [6.45, 7) is 3.03. The Morgan fingerprint density at radius 1 is 1.86 bits per heavy atom. The molecule has 0 bridgehead atoms. The molecule has 0 aliphatic carbocycles. The van der Waals surface area contributed by atoms with Gasteiger partial charge in [0.15, 0.2) is 0 Å². The van der Waals surface area contributed by atoms with Crippen molar-refractivity contribution in [1.82, 2.24) is 5.43 Å². The van der Waals surface area contributed by atoms with Gasteiger partial charge in [0, 0.05) is 12.3 Å². The average molecular weight is 116 g/mol. The Labute approximate surface area is 47.4 Å². The van der Waals surface area contributed by atoms with Gasteiger partial charge in [0.05, 0.1) is 5.04 Å². The largest absolute Gasteiger partial charge is 0.308 e. The van der Waals surface area contributed by atoms with Crippen LogP contribution in [0.3, 0.4) is 0 Å². The molecule has 0 unspecified atom stereocenters. The van der Waals surface area contributed by atoms with Gasteiger partial charge < -0.3 is 5.43 Å². The van der Waals surface area contributed by atoms with E-state index in [0.29, 0.717) is 0 Å². The highest BCUT2D eigenvalue weighted by atomic mass is 32.2. The second kappa shape index (κ2) is 2.21. The van der Waals surface area contributed by atoms with Crippen LogP contribution in [0.4, 0.5) is 0 Å². The molecule has 0 aromatic heterocycles. The Morgan fingerprint density at radius 3 is 3.00 bits per heavy atom. The van der Waals surface area contributed by atoms with E-state index in [2.05, 4.69) is 10.5 Å². The smallest absolute Gasteiger partial charge is 0.0900 e. The molecule has 1 rings (SSSR count). The molecule has 1 aliphatic heterocycles. The maximum absolute atomic E-state index is 3.96. The monoisotopic (exact) mass is 116 g/mol. The summed E-state index contributed by atoms with van der Waals surface area (Å²) in [5.74, 6) is 1.16. The van der Waals surface area contributed by atoms with Crippen LogP contribution in [0, 0.1) is 0 Å². The van der Waals surface area contributed by atoms with Gasteiger partial charge in [-0.1, -0.05) is 0 Å². The highest BCUT2D eigenvalue weighted by Crippen LogP contribution is 2.04. The van der Waals surface area contributed by atoms with Crippen LogP contribution in [0.15, 0.2) is 5.10 Å². The summed E-state index contributed by atoms with van der Waals surface area (Å²) in [7, 11) is 0. The summed E-state index contributed by atoms with van der Waals surface area (Å²) in [4.78, 5) is 0. The number of thioether (sulfide) groups is 1. The first-order valence-electron chi connectivity index (χ1n) is 2.29. The molecule has 1 aliphatic rings. The zero-order chi connectivity index (χ0) is 5.11. The van der Waals surface area contributed by atoms with Crippen LogP contribution in [0.1, 0.15) is 6.92 Å². The van der Waals surface area contributed by atoms with Crippen LogP contribution in [-0.2, 0) is 0 Å². The molecule has 0 saturated heterocycles. The number of nitrogens with one attached hydrogen (secondary N) is 1. The van der Waals surface area contributed by atoms with Crippen molar-refractivity contribution in [2.75, 3.05) is 12.3 Å². The van der Waals surface area contributed by atoms with Gasteiger partial charge in [-0.25, -0.2) is 0 Å². The third-order valence-electron chi connectivity index (χ3n) is 0.761. The number of hydrazone groups is 1. The standard InChI is InChI=1S/C4H8N2S/c1-4-6-5-2-3-7-4/h5H,2-3H2,1H3. The van der Waals surface area contributed by atoms with E-state index in [1.807, 2.05) is 6.92 Å². The predicted molar refractivity (Wildman–Crippen MR) is 33.6 cm³/mol. The molecule has 0 fully saturated rings. The molecule has 0 aromatic rings. The van der Waals surface area contributed by atoms with Crippen molar-refractivity contribution < 1.29 is 0 Å². The minimum Gasteiger partial charge on any atom is -0.308 e. The summed E-state index contributed by atoms with van der Waals surface area (Å²) in [6, 6.07) is 0. The van der Waals surface area contributed by atoms with Crippen molar-refractivity contribution >= 4 is 16.8 Å². The fourth-order valence-electron chi connectivity index (χ4n) is 0.444. The zero-order valence-electron chi connectivity index (χ0n) is 4.27. The van der Waals surface area contributed by atoms with Gasteiger partial charge in [-0.3, -0.25) is 0 Å². The minimum atomic E-state index is 1.02. The second-order valence-electron chi connectivity index (χ2n) is 1.39. The minimum absolute atomic E-state index is 1.02. The van der Waals surface area contributed by atoms with E-state index in [9.17, 15) is 0 Å². The van der Waals surface area contributed by atoms with Crippen molar-refractivity contribution in [3.05, 3.63) is 0 Å². The highest BCUT2D eigenvalue weighted by molar-refractivity contribution is 8.13. The molecule has 40 valence electrons. The second-order valence-corrected chi connectivity index (χ2v) is 2.68. The number of hydrogen-bond donors (Lipinski definition) is 1. The Hall–Kier alpha value is -0.180. The Kier molecular flexibility index (Phi) is 1.57. The molecule has 0 amide bonds. The molecule has 0 aromatic carbocycles. The first-order chi connectivity index (χ1) is 3.39. The molecule has 0 atom stereocenters. The lowest BCUT2D eigenvalue weighted by molar-refractivity contribution is 0.786. The molecule has 7 heavy (non-hydrogen) atoms. The van der Waals surface area contributed by atoms with Crippen molar-refractivity contribution in [2.45, 2.75) is 6.92 Å². The third kappa shape index (κ3) is 1.39. The van der Waals surface area contributed by atoms with Crippen LogP contribution in [-0.4, -0.2) is 17.3 Å². The Morgan fingerprint density at radius 2 is 2.71 bits per heavy atom. The van der Waals surface area contributed by atoms with Gasteiger partial charge in [-0.2, -0.15) is 5.10 Å². The summed E-state index contributed by atoms with van der Waals surface area (Å²) < 4.78 is 0. The molecule has 0 saturated carbocycles. The maximum Gasteiger partial charge on any atom is 0.0900 e. The lowest BCUT2D eigenvalue weighted by atomic mass is 10.8. The Balaban J connectivity index is 2.40.